The van der Waals surface area contributed by atoms with Crippen LogP contribution in [0.5, 0.6) is 0 Å². The first-order valence-electron chi connectivity index (χ1n) is 4.72. The topological polar surface area (TPSA) is 63.6 Å². The number of thiol groups is 1. The number of carboxylic acids is 1. The van der Waals surface area contributed by atoms with Crippen molar-refractivity contribution in [3.63, 3.8) is 0 Å². The van der Waals surface area contributed by atoms with Crippen molar-refractivity contribution in [2.45, 2.75) is 43.5 Å². The van der Waals surface area contributed by atoms with Crippen molar-refractivity contribution in [1.29, 1.82) is 0 Å². The molecule has 1 rings (SSSR count). The van der Waals surface area contributed by atoms with E-state index in [1.54, 1.807) is 0 Å². The number of ether oxygens (including phenoxy) is 1. The number of esters is 1. The lowest BCUT2D eigenvalue weighted by Crippen LogP contribution is -2.31. The molecular weight excluding hydrogens is 204 g/mol. The van der Waals surface area contributed by atoms with Gasteiger partial charge in [0.15, 0.2) is 5.25 Å². The Balaban J connectivity index is 2.35. The lowest BCUT2D eigenvalue weighted by atomic mass is 9.98. The van der Waals surface area contributed by atoms with Crippen molar-refractivity contribution in [2.75, 3.05) is 0 Å². The molecule has 0 aromatic carbocycles. The molecular formula is C9H14O4S. The number of rotatable bonds is 3. The van der Waals surface area contributed by atoms with Gasteiger partial charge in [0.2, 0.25) is 0 Å². The van der Waals surface area contributed by atoms with E-state index < -0.39 is 17.2 Å². The van der Waals surface area contributed by atoms with Crippen LogP contribution in [0.15, 0.2) is 0 Å². The summed E-state index contributed by atoms with van der Waals surface area (Å²) in [5, 5.41) is 7.15. The molecule has 0 spiro atoms. The Morgan fingerprint density at radius 1 is 1.29 bits per heavy atom. The summed E-state index contributed by atoms with van der Waals surface area (Å²) >= 11 is 3.65. The first-order chi connectivity index (χ1) is 6.61. The average molecular weight is 218 g/mol. The third-order valence-corrected chi connectivity index (χ3v) is 2.72. The summed E-state index contributed by atoms with van der Waals surface area (Å²) in [4.78, 5) is 21.6. The fourth-order valence-electron chi connectivity index (χ4n) is 1.51. The van der Waals surface area contributed by atoms with Crippen molar-refractivity contribution < 1.29 is 19.4 Å². The lowest BCUT2D eigenvalue weighted by molar-refractivity contribution is -0.155. The van der Waals surface area contributed by atoms with E-state index in [4.69, 9.17) is 9.84 Å². The van der Waals surface area contributed by atoms with Crippen LogP contribution in [0.4, 0.5) is 0 Å². The van der Waals surface area contributed by atoms with E-state index in [0.717, 1.165) is 32.1 Å². The van der Waals surface area contributed by atoms with E-state index in [1.807, 2.05) is 0 Å². The number of carbonyl (C=O) groups excluding carboxylic acids is 1. The van der Waals surface area contributed by atoms with E-state index in [9.17, 15) is 9.59 Å². The van der Waals surface area contributed by atoms with Gasteiger partial charge < -0.3 is 9.84 Å². The molecule has 0 saturated heterocycles. The first kappa shape index (κ1) is 11.4. The minimum Gasteiger partial charge on any atom is -0.480 e. The smallest absolute Gasteiger partial charge is 0.330 e. The summed E-state index contributed by atoms with van der Waals surface area (Å²) in [7, 11) is 0. The first-order valence-corrected chi connectivity index (χ1v) is 5.24. The van der Waals surface area contributed by atoms with Crippen LogP contribution in [-0.2, 0) is 14.3 Å². The third-order valence-electron chi connectivity index (χ3n) is 2.29. The summed E-state index contributed by atoms with van der Waals surface area (Å²) in [5.74, 6) is -2.00. The van der Waals surface area contributed by atoms with Gasteiger partial charge in [-0.05, 0) is 25.7 Å². The maximum absolute atomic E-state index is 11.2. The SMILES string of the molecule is O=C(O)C(S)C(=O)OC1CCCCC1. The molecule has 0 aromatic heterocycles. The molecule has 0 aliphatic heterocycles. The number of carbonyl (C=O) groups is 2. The van der Waals surface area contributed by atoms with Gasteiger partial charge in [0, 0.05) is 0 Å². The van der Waals surface area contributed by atoms with Crippen molar-refractivity contribution in [3.05, 3.63) is 0 Å². The van der Waals surface area contributed by atoms with Crippen molar-refractivity contribution in [1.82, 2.24) is 0 Å². The van der Waals surface area contributed by atoms with Crippen LogP contribution >= 0.6 is 12.6 Å². The molecule has 80 valence electrons. The zero-order valence-electron chi connectivity index (χ0n) is 7.81. The Kier molecular flexibility index (Phi) is 4.25. The predicted octanol–water partition coefficient (Wildman–Crippen LogP) is 1.25. The van der Waals surface area contributed by atoms with Gasteiger partial charge in [-0.2, -0.15) is 12.6 Å². The Labute approximate surface area is 88.0 Å². The predicted molar refractivity (Wildman–Crippen MR) is 53.4 cm³/mol. The van der Waals surface area contributed by atoms with Crippen molar-refractivity contribution >= 4 is 24.6 Å². The number of carboxylic acid groups (broad SMARTS) is 1. The zero-order chi connectivity index (χ0) is 10.6. The van der Waals surface area contributed by atoms with Gasteiger partial charge in [-0.15, -0.1) is 0 Å². The molecule has 1 fully saturated rings. The summed E-state index contributed by atoms with van der Waals surface area (Å²) in [5.41, 5.74) is 0. The molecule has 5 heteroatoms. The largest absolute Gasteiger partial charge is 0.480 e. The maximum Gasteiger partial charge on any atom is 0.330 e. The van der Waals surface area contributed by atoms with Gasteiger partial charge in [0.05, 0.1) is 0 Å². The number of hydrogen-bond acceptors (Lipinski definition) is 4. The molecule has 0 radical (unpaired) electrons. The molecule has 0 amide bonds. The van der Waals surface area contributed by atoms with Gasteiger partial charge in [0.1, 0.15) is 6.10 Å². The van der Waals surface area contributed by atoms with Gasteiger partial charge in [-0.1, -0.05) is 6.42 Å². The Hall–Kier alpha value is -0.710. The average Bonchev–Trinajstić information content (AvgIpc) is 2.18. The van der Waals surface area contributed by atoms with Gasteiger partial charge >= 0.3 is 11.9 Å². The minimum absolute atomic E-state index is 0.106. The number of aliphatic carboxylic acids is 1. The van der Waals surface area contributed by atoms with Crippen LogP contribution in [0.1, 0.15) is 32.1 Å². The van der Waals surface area contributed by atoms with Crippen LogP contribution in [0.25, 0.3) is 0 Å². The summed E-state index contributed by atoms with van der Waals surface area (Å²) in [6.45, 7) is 0. The molecule has 0 heterocycles. The second kappa shape index (κ2) is 5.24. The molecule has 0 bridgehead atoms. The third kappa shape index (κ3) is 3.21. The molecule has 1 aliphatic carbocycles. The van der Waals surface area contributed by atoms with E-state index in [2.05, 4.69) is 12.6 Å². The molecule has 1 N–H and O–H groups in total. The molecule has 1 aliphatic rings. The fraction of sp³-hybridized carbons (Fsp3) is 0.778. The zero-order valence-corrected chi connectivity index (χ0v) is 8.70. The van der Waals surface area contributed by atoms with Crippen LogP contribution in [0.2, 0.25) is 0 Å². The molecule has 1 atom stereocenters. The highest BCUT2D eigenvalue weighted by Gasteiger charge is 2.26. The quantitative estimate of drug-likeness (QED) is 0.425. The summed E-state index contributed by atoms with van der Waals surface area (Å²) < 4.78 is 5.02. The number of hydrogen-bond donors (Lipinski definition) is 2. The highest BCUT2D eigenvalue weighted by molar-refractivity contribution is 7.82. The second-order valence-corrected chi connectivity index (χ2v) is 3.95. The fourth-order valence-corrected chi connectivity index (χ4v) is 1.57. The van der Waals surface area contributed by atoms with E-state index in [1.165, 1.54) is 0 Å². The highest BCUT2D eigenvalue weighted by Crippen LogP contribution is 2.21. The molecule has 1 unspecified atom stereocenters. The lowest BCUT2D eigenvalue weighted by Gasteiger charge is -2.22. The monoisotopic (exact) mass is 218 g/mol. The van der Waals surface area contributed by atoms with Crippen molar-refractivity contribution in [2.24, 2.45) is 0 Å². The van der Waals surface area contributed by atoms with Gasteiger partial charge in [-0.3, -0.25) is 9.59 Å². The van der Waals surface area contributed by atoms with Crippen LogP contribution < -0.4 is 0 Å². The maximum atomic E-state index is 11.2. The second-order valence-electron chi connectivity index (χ2n) is 3.44. The highest BCUT2D eigenvalue weighted by atomic mass is 32.1. The van der Waals surface area contributed by atoms with E-state index in [-0.39, 0.29) is 6.10 Å². The van der Waals surface area contributed by atoms with Gasteiger partial charge in [0.25, 0.3) is 0 Å². The summed E-state index contributed by atoms with van der Waals surface area (Å²) in [6.07, 6.45) is 4.82. The molecule has 4 nitrogen and oxygen atoms in total. The van der Waals surface area contributed by atoms with Crippen LogP contribution in [-0.4, -0.2) is 28.4 Å². The minimum atomic E-state index is -1.35. The van der Waals surface area contributed by atoms with E-state index >= 15 is 0 Å². The van der Waals surface area contributed by atoms with E-state index in [0.29, 0.717) is 0 Å². The van der Waals surface area contributed by atoms with Crippen LogP contribution in [0.3, 0.4) is 0 Å². The Morgan fingerprint density at radius 2 is 1.86 bits per heavy atom. The standard InChI is InChI=1S/C9H14O4S/c10-8(11)7(14)9(12)13-6-4-2-1-3-5-6/h6-7,14H,1-5H2,(H,10,11). The molecule has 0 aromatic rings. The van der Waals surface area contributed by atoms with Crippen molar-refractivity contribution in [3.8, 4) is 0 Å². The summed E-state index contributed by atoms with van der Waals surface area (Å²) in [6, 6.07) is 0. The normalized spacial score (nSPS) is 20.1. The molecule has 1 saturated carbocycles. The Bertz CT molecular complexity index is 223. The van der Waals surface area contributed by atoms with Crippen LogP contribution in [0, 0.1) is 0 Å². The Morgan fingerprint density at radius 3 is 2.36 bits per heavy atom. The molecule has 14 heavy (non-hydrogen) atoms. The van der Waals surface area contributed by atoms with Gasteiger partial charge in [-0.25, -0.2) is 0 Å².